The first kappa shape index (κ1) is 19.2. The fourth-order valence-corrected chi connectivity index (χ4v) is 3.04. The van der Waals surface area contributed by atoms with Crippen LogP contribution >= 0.6 is 12.4 Å². The third-order valence-electron chi connectivity index (χ3n) is 4.40. The summed E-state index contributed by atoms with van der Waals surface area (Å²) >= 11 is 0. The predicted octanol–water partition coefficient (Wildman–Crippen LogP) is 0.219. The van der Waals surface area contributed by atoms with Crippen molar-refractivity contribution >= 4 is 24.2 Å². The molecule has 2 N–H and O–H groups in total. The molecular weight excluding hydrogens is 304 g/mol. The average Bonchev–Trinajstić information content (AvgIpc) is 2.49. The van der Waals surface area contributed by atoms with Crippen LogP contribution in [0.2, 0.25) is 0 Å². The molecule has 2 heterocycles. The summed E-state index contributed by atoms with van der Waals surface area (Å²) < 4.78 is 0. The zero-order chi connectivity index (χ0) is 15.2. The summed E-state index contributed by atoms with van der Waals surface area (Å²) in [7, 11) is 0. The smallest absolute Gasteiger partial charge is 0.244 e. The van der Waals surface area contributed by atoms with Crippen LogP contribution in [0.3, 0.4) is 0 Å². The third-order valence-corrected chi connectivity index (χ3v) is 4.40. The van der Waals surface area contributed by atoms with E-state index in [-0.39, 0.29) is 24.2 Å². The van der Waals surface area contributed by atoms with Crippen LogP contribution in [-0.2, 0) is 9.59 Å². The normalized spacial score (nSPS) is 24.3. The number of carbonyl (C=O) groups is 2. The Morgan fingerprint density at radius 3 is 2.55 bits per heavy atom. The van der Waals surface area contributed by atoms with Crippen LogP contribution in [0.15, 0.2) is 0 Å². The number of hydrogen-bond acceptors (Lipinski definition) is 4. The Morgan fingerprint density at radius 1 is 1.23 bits per heavy atom. The van der Waals surface area contributed by atoms with Crippen LogP contribution in [0, 0.1) is 0 Å². The maximum absolute atomic E-state index is 12.3. The third kappa shape index (κ3) is 5.41. The van der Waals surface area contributed by atoms with E-state index in [4.69, 9.17) is 0 Å². The zero-order valence-corrected chi connectivity index (χ0v) is 14.5. The SMILES string of the molecule is CC(NC(=O)CN1CCNC[C@@H]1C)C(=O)N1CCCCC1.Cl. The first-order valence-corrected chi connectivity index (χ1v) is 8.11. The standard InChI is InChI=1S/C15H28N4O2.ClH/c1-12-10-16-6-9-19(12)11-14(20)17-13(2)15(21)18-7-4-3-5-8-18;/h12-13,16H,3-11H2,1-2H3,(H,17,20);1H/t12-,13?;/m0./s1. The second-order valence-electron chi connectivity index (χ2n) is 6.20. The van der Waals surface area contributed by atoms with E-state index in [0.717, 1.165) is 45.6 Å². The lowest BCUT2D eigenvalue weighted by Gasteiger charge is -2.34. The number of piperazine rings is 1. The molecule has 2 saturated heterocycles. The van der Waals surface area contributed by atoms with E-state index < -0.39 is 6.04 Å². The molecule has 0 aromatic carbocycles. The molecule has 1 unspecified atom stereocenters. The maximum atomic E-state index is 12.3. The van der Waals surface area contributed by atoms with Gasteiger partial charge in [-0.2, -0.15) is 0 Å². The summed E-state index contributed by atoms with van der Waals surface area (Å²) in [6.45, 7) is 8.64. The van der Waals surface area contributed by atoms with E-state index in [1.165, 1.54) is 6.42 Å². The minimum Gasteiger partial charge on any atom is -0.343 e. The van der Waals surface area contributed by atoms with Crippen molar-refractivity contribution in [2.24, 2.45) is 0 Å². The molecule has 0 bridgehead atoms. The van der Waals surface area contributed by atoms with E-state index >= 15 is 0 Å². The van der Waals surface area contributed by atoms with Crippen molar-refractivity contribution in [2.45, 2.75) is 45.2 Å². The van der Waals surface area contributed by atoms with Crippen molar-refractivity contribution in [1.82, 2.24) is 20.4 Å². The van der Waals surface area contributed by atoms with Gasteiger partial charge in [-0.1, -0.05) is 0 Å². The van der Waals surface area contributed by atoms with Gasteiger partial charge < -0.3 is 15.5 Å². The van der Waals surface area contributed by atoms with Crippen LogP contribution < -0.4 is 10.6 Å². The second-order valence-corrected chi connectivity index (χ2v) is 6.20. The van der Waals surface area contributed by atoms with Gasteiger partial charge in [-0.3, -0.25) is 14.5 Å². The molecule has 2 aliphatic heterocycles. The number of hydrogen-bond donors (Lipinski definition) is 2. The van der Waals surface area contributed by atoms with E-state index in [0.29, 0.717) is 12.6 Å². The van der Waals surface area contributed by atoms with Crippen molar-refractivity contribution in [1.29, 1.82) is 0 Å². The molecule has 2 fully saturated rings. The van der Waals surface area contributed by atoms with E-state index in [1.807, 2.05) is 4.90 Å². The van der Waals surface area contributed by atoms with Crippen molar-refractivity contribution in [3.63, 3.8) is 0 Å². The van der Waals surface area contributed by atoms with Gasteiger partial charge in [0.05, 0.1) is 6.54 Å². The molecule has 2 aliphatic rings. The van der Waals surface area contributed by atoms with Gasteiger partial charge in [-0.05, 0) is 33.1 Å². The first-order valence-electron chi connectivity index (χ1n) is 8.11. The number of piperidine rings is 1. The lowest BCUT2D eigenvalue weighted by molar-refractivity contribution is -0.137. The molecular formula is C15H29ClN4O2. The summed E-state index contributed by atoms with van der Waals surface area (Å²) in [6.07, 6.45) is 3.35. The lowest BCUT2D eigenvalue weighted by atomic mass is 10.1. The minimum absolute atomic E-state index is 0. The van der Waals surface area contributed by atoms with Crippen molar-refractivity contribution < 1.29 is 9.59 Å². The Hall–Kier alpha value is -0.850. The van der Waals surface area contributed by atoms with Crippen LogP contribution in [-0.4, -0.2) is 73.0 Å². The molecule has 0 aliphatic carbocycles. The molecule has 6 nitrogen and oxygen atoms in total. The Bertz CT molecular complexity index is 375. The van der Waals surface area contributed by atoms with Crippen LogP contribution in [0.1, 0.15) is 33.1 Å². The Balaban J connectivity index is 0.00000242. The molecule has 0 saturated carbocycles. The number of nitrogens with zero attached hydrogens (tertiary/aromatic N) is 2. The van der Waals surface area contributed by atoms with Gasteiger partial charge in [-0.25, -0.2) is 0 Å². The van der Waals surface area contributed by atoms with Gasteiger partial charge in [0, 0.05) is 38.8 Å². The van der Waals surface area contributed by atoms with Gasteiger partial charge in [0.2, 0.25) is 11.8 Å². The molecule has 0 aromatic heterocycles. The topological polar surface area (TPSA) is 64.7 Å². The summed E-state index contributed by atoms with van der Waals surface area (Å²) in [6, 6.07) is -0.0635. The molecule has 0 radical (unpaired) electrons. The fraction of sp³-hybridized carbons (Fsp3) is 0.867. The highest BCUT2D eigenvalue weighted by atomic mass is 35.5. The van der Waals surface area contributed by atoms with Crippen LogP contribution in [0.25, 0.3) is 0 Å². The van der Waals surface area contributed by atoms with Crippen molar-refractivity contribution in [2.75, 3.05) is 39.3 Å². The largest absolute Gasteiger partial charge is 0.343 e. The van der Waals surface area contributed by atoms with Gasteiger partial charge >= 0.3 is 0 Å². The molecule has 0 spiro atoms. The minimum atomic E-state index is -0.422. The molecule has 0 aromatic rings. The Kier molecular flexibility index (Phi) is 8.14. The monoisotopic (exact) mass is 332 g/mol. The maximum Gasteiger partial charge on any atom is 0.244 e. The fourth-order valence-electron chi connectivity index (χ4n) is 3.04. The molecule has 22 heavy (non-hydrogen) atoms. The average molecular weight is 333 g/mol. The number of carbonyl (C=O) groups excluding carboxylic acids is 2. The zero-order valence-electron chi connectivity index (χ0n) is 13.6. The summed E-state index contributed by atoms with van der Waals surface area (Å²) in [5.74, 6) is -0.00183. The van der Waals surface area contributed by atoms with E-state index in [1.54, 1.807) is 6.92 Å². The highest BCUT2D eigenvalue weighted by molar-refractivity contribution is 5.88. The first-order chi connectivity index (χ1) is 10.1. The van der Waals surface area contributed by atoms with E-state index in [2.05, 4.69) is 22.5 Å². The van der Waals surface area contributed by atoms with Crippen LogP contribution in [0.4, 0.5) is 0 Å². The molecule has 2 rings (SSSR count). The van der Waals surface area contributed by atoms with Gasteiger partial charge in [0.25, 0.3) is 0 Å². The highest BCUT2D eigenvalue weighted by Crippen LogP contribution is 2.10. The van der Waals surface area contributed by atoms with Gasteiger partial charge in [-0.15, -0.1) is 12.4 Å². The second kappa shape index (κ2) is 9.33. The molecule has 7 heteroatoms. The number of likely N-dealkylation sites (tertiary alicyclic amines) is 1. The van der Waals surface area contributed by atoms with Gasteiger partial charge in [0.15, 0.2) is 0 Å². The van der Waals surface area contributed by atoms with Crippen LogP contribution in [0.5, 0.6) is 0 Å². The predicted molar refractivity (Wildman–Crippen MR) is 89.2 cm³/mol. The van der Waals surface area contributed by atoms with E-state index in [9.17, 15) is 9.59 Å². The van der Waals surface area contributed by atoms with Crippen molar-refractivity contribution in [3.8, 4) is 0 Å². The lowest BCUT2D eigenvalue weighted by Crippen LogP contribution is -2.55. The number of nitrogens with one attached hydrogen (secondary N) is 2. The number of halogens is 1. The van der Waals surface area contributed by atoms with Crippen molar-refractivity contribution in [3.05, 3.63) is 0 Å². The summed E-state index contributed by atoms with van der Waals surface area (Å²) in [5.41, 5.74) is 0. The summed E-state index contributed by atoms with van der Waals surface area (Å²) in [5, 5.41) is 6.16. The quantitative estimate of drug-likeness (QED) is 0.773. The number of rotatable bonds is 4. The number of amides is 2. The molecule has 128 valence electrons. The Morgan fingerprint density at radius 2 is 1.91 bits per heavy atom. The highest BCUT2D eigenvalue weighted by Gasteiger charge is 2.25. The Labute approximate surface area is 139 Å². The molecule has 2 amide bonds. The summed E-state index contributed by atoms with van der Waals surface area (Å²) in [4.78, 5) is 28.4. The molecule has 2 atom stereocenters. The van der Waals surface area contributed by atoms with Gasteiger partial charge in [0.1, 0.15) is 6.04 Å².